The molecule has 1 aromatic heterocycles. The summed E-state index contributed by atoms with van der Waals surface area (Å²) in [7, 11) is 0. The fourth-order valence-electron chi connectivity index (χ4n) is 1.67. The molecule has 3 N–H and O–H groups in total. The van der Waals surface area contributed by atoms with E-state index in [-0.39, 0.29) is 5.91 Å². The summed E-state index contributed by atoms with van der Waals surface area (Å²) >= 11 is 0. The average molecular weight is 271 g/mol. The van der Waals surface area contributed by atoms with Crippen LogP contribution in [0.3, 0.4) is 0 Å². The molecule has 0 fully saturated rings. The van der Waals surface area contributed by atoms with Gasteiger partial charge in [-0.2, -0.15) is 0 Å². The van der Waals surface area contributed by atoms with E-state index in [9.17, 15) is 4.79 Å². The number of amides is 1. The topological polar surface area (TPSA) is 77.2 Å². The van der Waals surface area contributed by atoms with E-state index in [1.807, 2.05) is 19.1 Å². The zero-order chi connectivity index (χ0) is 14.4. The van der Waals surface area contributed by atoms with Crippen LogP contribution in [0.25, 0.3) is 0 Å². The van der Waals surface area contributed by atoms with Crippen LogP contribution in [-0.2, 0) is 0 Å². The predicted octanol–water partition coefficient (Wildman–Crippen LogP) is 1.78. The number of nitrogens with two attached hydrogens (primary N) is 1. The number of aromatic nitrogens is 1. The van der Waals surface area contributed by atoms with Gasteiger partial charge in [-0.15, -0.1) is 0 Å². The number of nitrogens with zero attached hydrogens (tertiary/aromatic N) is 1. The van der Waals surface area contributed by atoms with E-state index in [1.54, 1.807) is 24.4 Å². The van der Waals surface area contributed by atoms with Gasteiger partial charge in [0.15, 0.2) is 0 Å². The van der Waals surface area contributed by atoms with Gasteiger partial charge in [-0.3, -0.25) is 9.78 Å². The Morgan fingerprint density at radius 2 is 2.25 bits per heavy atom. The summed E-state index contributed by atoms with van der Waals surface area (Å²) in [6.45, 7) is 2.75. The standard InChI is InChI=1S/C15H17N3O2/c1-11-9-13(4-5-14(11)16)20-8-7-18-15(19)12-3-2-6-17-10-12/h2-6,9-10H,7-8,16H2,1H3,(H,18,19). The lowest BCUT2D eigenvalue weighted by molar-refractivity contribution is 0.0946. The third-order valence-electron chi connectivity index (χ3n) is 2.82. The number of anilines is 1. The summed E-state index contributed by atoms with van der Waals surface area (Å²) in [5.41, 5.74) is 7.98. The minimum atomic E-state index is -0.157. The molecule has 2 rings (SSSR count). The Bertz CT molecular complexity index is 585. The van der Waals surface area contributed by atoms with Crippen LogP contribution >= 0.6 is 0 Å². The van der Waals surface area contributed by atoms with Crippen molar-refractivity contribution in [3.63, 3.8) is 0 Å². The van der Waals surface area contributed by atoms with E-state index in [2.05, 4.69) is 10.3 Å². The van der Waals surface area contributed by atoms with Crippen molar-refractivity contribution in [2.75, 3.05) is 18.9 Å². The number of ether oxygens (including phenoxy) is 1. The minimum absolute atomic E-state index is 0.157. The molecule has 1 amide bonds. The first kappa shape index (κ1) is 13.9. The summed E-state index contributed by atoms with van der Waals surface area (Å²) in [6, 6.07) is 8.93. The Morgan fingerprint density at radius 3 is 2.95 bits per heavy atom. The molecule has 5 heteroatoms. The van der Waals surface area contributed by atoms with Crippen LogP contribution in [0.5, 0.6) is 5.75 Å². The lowest BCUT2D eigenvalue weighted by Crippen LogP contribution is -2.28. The Hall–Kier alpha value is -2.56. The number of rotatable bonds is 5. The maximum atomic E-state index is 11.7. The third-order valence-corrected chi connectivity index (χ3v) is 2.82. The quantitative estimate of drug-likeness (QED) is 0.642. The molecule has 0 aliphatic carbocycles. The molecule has 2 aromatic rings. The predicted molar refractivity (Wildman–Crippen MR) is 77.7 cm³/mol. The molecule has 0 bridgehead atoms. The SMILES string of the molecule is Cc1cc(OCCNC(=O)c2cccnc2)ccc1N. The maximum absolute atomic E-state index is 11.7. The van der Waals surface area contributed by atoms with Crippen LogP contribution in [0.15, 0.2) is 42.7 Å². The fraction of sp³-hybridized carbons (Fsp3) is 0.200. The van der Waals surface area contributed by atoms with Crippen LogP contribution in [0, 0.1) is 6.92 Å². The molecular formula is C15H17N3O2. The van der Waals surface area contributed by atoms with Crippen LogP contribution in [0.4, 0.5) is 5.69 Å². The highest BCUT2D eigenvalue weighted by atomic mass is 16.5. The number of nitrogen functional groups attached to an aromatic ring is 1. The lowest BCUT2D eigenvalue weighted by Gasteiger charge is -2.09. The number of nitrogens with one attached hydrogen (secondary N) is 1. The lowest BCUT2D eigenvalue weighted by atomic mass is 10.2. The normalized spacial score (nSPS) is 10.1. The number of hydrogen-bond donors (Lipinski definition) is 2. The number of carbonyl (C=O) groups is 1. The molecule has 0 spiro atoms. The van der Waals surface area contributed by atoms with Crippen LogP contribution in [0.1, 0.15) is 15.9 Å². The van der Waals surface area contributed by atoms with Gasteiger partial charge < -0.3 is 15.8 Å². The van der Waals surface area contributed by atoms with Crippen molar-refractivity contribution in [3.8, 4) is 5.75 Å². The first-order valence-corrected chi connectivity index (χ1v) is 6.34. The summed E-state index contributed by atoms with van der Waals surface area (Å²) in [6.07, 6.45) is 3.16. The Labute approximate surface area is 117 Å². The van der Waals surface area contributed by atoms with Gasteiger partial charge in [0.25, 0.3) is 5.91 Å². The molecular weight excluding hydrogens is 254 g/mol. The van der Waals surface area contributed by atoms with E-state index in [0.29, 0.717) is 18.7 Å². The molecule has 1 aromatic carbocycles. The monoisotopic (exact) mass is 271 g/mol. The van der Waals surface area contributed by atoms with Crippen molar-refractivity contribution in [2.45, 2.75) is 6.92 Å². The first-order chi connectivity index (χ1) is 9.66. The first-order valence-electron chi connectivity index (χ1n) is 6.34. The van der Waals surface area contributed by atoms with E-state index < -0.39 is 0 Å². The van der Waals surface area contributed by atoms with Crippen molar-refractivity contribution >= 4 is 11.6 Å². The van der Waals surface area contributed by atoms with Crippen molar-refractivity contribution < 1.29 is 9.53 Å². The van der Waals surface area contributed by atoms with Crippen molar-refractivity contribution in [1.29, 1.82) is 0 Å². The molecule has 0 radical (unpaired) electrons. The summed E-state index contributed by atoms with van der Waals surface area (Å²) in [5.74, 6) is 0.586. The van der Waals surface area contributed by atoms with Gasteiger partial charge >= 0.3 is 0 Å². The van der Waals surface area contributed by atoms with Crippen molar-refractivity contribution in [1.82, 2.24) is 10.3 Å². The molecule has 0 aliphatic rings. The summed E-state index contributed by atoms with van der Waals surface area (Å²) < 4.78 is 5.54. The molecule has 1 heterocycles. The van der Waals surface area contributed by atoms with Gasteiger partial charge in [-0.1, -0.05) is 0 Å². The molecule has 0 aliphatic heterocycles. The fourth-order valence-corrected chi connectivity index (χ4v) is 1.67. The van der Waals surface area contributed by atoms with Crippen LogP contribution in [0.2, 0.25) is 0 Å². The van der Waals surface area contributed by atoms with E-state index in [0.717, 1.165) is 17.0 Å². The number of hydrogen-bond acceptors (Lipinski definition) is 4. The zero-order valence-electron chi connectivity index (χ0n) is 11.3. The highest BCUT2D eigenvalue weighted by molar-refractivity contribution is 5.93. The van der Waals surface area contributed by atoms with Crippen LogP contribution < -0.4 is 15.8 Å². The average Bonchev–Trinajstić information content (AvgIpc) is 2.48. The van der Waals surface area contributed by atoms with E-state index >= 15 is 0 Å². The molecule has 0 saturated carbocycles. The minimum Gasteiger partial charge on any atom is -0.492 e. The maximum Gasteiger partial charge on any atom is 0.252 e. The van der Waals surface area contributed by atoms with Gasteiger partial charge in [0.05, 0.1) is 12.1 Å². The van der Waals surface area contributed by atoms with Gasteiger partial charge in [0.1, 0.15) is 12.4 Å². The molecule has 0 atom stereocenters. The van der Waals surface area contributed by atoms with Crippen molar-refractivity contribution in [2.24, 2.45) is 0 Å². The molecule has 0 saturated heterocycles. The number of pyridine rings is 1. The second-order valence-corrected chi connectivity index (χ2v) is 4.36. The molecule has 5 nitrogen and oxygen atoms in total. The Morgan fingerprint density at radius 1 is 1.40 bits per heavy atom. The van der Waals surface area contributed by atoms with Gasteiger partial charge in [-0.05, 0) is 42.8 Å². The van der Waals surface area contributed by atoms with E-state index in [1.165, 1.54) is 6.20 Å². The smallest absolute Gasteiger partial charge is 0.252 e. The Kier molecular flexibility index (Phi) is 4.55. The largest absolute Gasteiger partial charge is 0.492 e. The third kappa shape index (κ3) is 3.71. The summed E-state index contributed by atoms with van der Waals surface area (Å²) in [5, 5.41) is 2.77. The van der Waals surface area contributed by atoms with Gasteiger partial charge in [0, 0.05) is 18.1 Å². The van der Waals surface area contributed by atoms with E-state index in [4.69, 9.17) is 10.5 Å². The van der Waals surface area contributed by atoms with Crippen LogP contribution in [-0.4, -0.2) is 24.0 Å². The number of benzene rings is 1. The Balaban J connectivity index is 1.76. The number of carbonyl (C=O) groups excluding carboxylic acids is 1. The summed E-state index contributed by atoms with van der Waals surface area (Å²) in [4.78, 5) is 15.6. The van der Waals surface area contributed by atoms with Gasteiger partial charge in [-0.25, -0.2) is 0 Å². The highest BCUT2D eigenvalue weighted by Gasteiger charge is 2.04. The van der Waals surface area contributed by atoms with Crippen molar-refractivity contribution in [3.05, 3.63) is 53.9 Å². The van der Waals surface area contributed by atoms with Gasteiger partial charge in [0.2, 0.25) is 0 Å². The zero-order valence-corrected chi connectivity index (χ0v) is 11.3. The molecule has 20 heavy (non-hydrogen) atoms. The second kappa shape index (κ2) is 6.56. The molecule has 104 valence electrons. The number of aryl methyl sites for hydroxylation is 1. The highest BCUT2D eigenvalue weighted by Crippen LogP contribution is 2.18. The second-order valence-electron chi connectivity index (χ2n) is 4.36. The molecule has 0 unspecified atom stereocenters.